The van der Waals surface area contributed by atoms with Crippen LogP contribution in [0.3, 0.4) is 0 Å². The van der Waals surface area contributed by atoms with Crippen LogP contribution in [0.15, 0.2) is 53.3 Å². The fraction of sp³-hybridized carbons (Fsp3) is 0.0625. The van der Waals surface area contributed by atoms with Gasteiger partial charge >= 0.3 is 11.7 Å². The minimum Gasteiger partial charge on any atom is -0.497 e. The van der Waals surface area contributed by atoms with Gasteiger partial charge in [-0.3, -0.25) is 0 Å². The Balaban J connectivity index is 1.87. The third-order valence-electron chi connectivity index (χ3n) is 3.33. The van der Waals surface area contributed by atoms with Gasteiger partial charge in [-0.15, -0.1) is 4.98 Å². The first-order valence-electron chi connectivity index (χ1n) is 6.85. The lowest BCUT2D eigenvalue weighted by atomic mass is 10.3. The third kappa shape index (κ3) is 2.40. The molecule has 0 amide bonds. The molecule has 0 saturated heterocycles. The number of para-hydroxylation sites is 1. The van der Waals surface area contributed by atoms with Crippen LogP contribution in [0.5, 0.6) is 17.5 Å². The quantitative estimate of drug-likeness (QED) is 0.579. The van der Waals surface area contributed by atoms with Crippen LogP contribution >= 0.6 is 11.3 Å². The number of ether oxygens (including phenoxy) is 2. The number of benzene rings is 2. The molecule has 0 saturated carbocycles. The van der Waals surface area contributed by atoms with E-state index in [2.05, 4.69) is 9.97 Å². The zero-order valence-electron chi connectivity index (χ0n) is 12.1. The molecule has 2 aromatic heterocycles. The second kappa shape index (κ2) is 5.36. The third-order valence-corrected chi connectivity index (χ3v) is 4.33. The van der Waals surface area contributed by atoms with Crippen molar-refractivity contribution in [1.82, 2.24) is 14.4 Å². The van der Waals surface area contributed by atoms with Gasteiger partial charge in [-0.05, 0) is 30.3 Å². The van der Waals surface area contributed by atoms with E-state index in [1.165, 1.54) is 15.7 Å². The first-order chi connectivity index (χ1) is 11.2. The number of hydrogen-bond acceptors (Lipinski definition) is 6. The van der Waals surface area contributed by atoms with E-state index in [4.69, 9.17) is 9.47 Å². The number of methoxy groups -OCH3 is 1. The predicted octanol–water partition coefficient (Wildman–Crippen LogP) is 3.11. The van der Waals surface area contributed by atoms with E-state index < -0.39 is 5.69 Å². The molecule has 23 heavy (non-hydrogen) atoms. The second-order valence-corrected chi connectivity index (χ2v) is 5.77. The maximum absolute atomic E-state index is 12.3. The van der Waals surface area contributed by atoms with Crippen LogP contribution in [-0.4, -0.2) is 21.5 Å². The lowest BCUT2D eigenvalue weighted by Crippen LogP contribution is -2.17. The number of nitrogens with zero attached hydrogens (tertiary/aromatic N) is 3. The highest BCUT2D eigenvalue weighted by molar-refractivity contribution is 7.23. The summed E-state index contributed by atoms with van der Waals surface area (Å²) < 4.78 is 13.1. The van der Waals surface area contributed by atoms with Crippen molar-refractivity contribution in [1.29, 1.82) is 0 Å². The maximum Gasteiger partial charge on any atom is 0.359 e. The van der Waals surface area contributed by atoms with Crippen LogP contribution in [0.1, 0.15) is 0 Å². The van der Waals surface area contributed by atoms with Gasteiger partial charge in [0, 0.05) is 0 Å². The molecule has 0 N–H and O–H groups in total. The van der Waals surface area contributed by atoms with Gasteiger partial charge < -0.3 is 9.47 Å². The molecule has 7 heteroatoms. The summed E-state index contributed by atoms with van der Waals surface area (Å²) in [7, 11) is 1.60. The second-order valence-electron chi connectivity index (χ2n) is 4.76. The smallest absolute Gasteiger partial charge is 0.359 e. The van der Waals surface area contributed by atoms with Gasteiger partial charge in [0.05, 0.1) is 17.3 Å². The van der Waals surface area contributed by atoms with E-state index in [9.17, 15) is 4.79 Å². The van der Waals surface area contributed by atoms with Crippen molar-refractivity contribution >= 4 is 26.5 Å². The van der Waals surface area contributed by atoms with Gasteiger partial charge in [-0.25, -0.2) is 9.20 Å². The van der Waals surface area contributed by atoms with Crippen LogP contribution in [-0.2, 0) is 0 Å². The lowest BCUT2D eigenvalue weighted by molar-refractivity contribution is 0.415. The number of rotatable bonds is 3. The summed E-state index contributed by atoms with van der Waals surface area (Å²) in [4.78, 5) is 21.1. The molecule has 0 unspecified atom stereocenters. The SMILES string of the molecule is COc1ccc2c(c1)sc1nc(Oc3ccccc3)nc(=O)n12. The largest absolute Gasteiger partial charge is 0.497 e. The zero-order chi connectivity index (χ0) is 15.8. The van der Waals surface area contributed by atoms with Gasteiger partial charge in [0.2, 0.25) is 4.96 Å². The topological polar surface area (TPSA) is 65.7 Å². The summed E-state index contributed by atoms with van der Waals surface area (Å²) in [5, 5.41) is 0. The van der Waals surface area contributed by atoms with Gasteiger partial charge in [-0.2, -0.15) is 4.98 Å². The van der Waals surface area contributed by atoms with Crippen molar-refractivity contribution in [3.63, 3.8) is 0 Å². The minimum absolute atomic E-state index is 0.0414. The number of aromatic nitrogens is 3. The van der Waals surface area contributed by atoms with E-state index in [1.54, 1.807) is 25.3 Å². The highest BCUT2D eigenvalue weighted by Crippen LogP contribution is 2.28. The van der Waals surface area contributed by atoms with E-state index in [-0.39, 0.29) is 6.01 Å². The Labute approximate surface area is 134 Å². The van der Waals surface area contributed by atoms with Crippen molar-refractivity contribution < 1.29 is 9.47 Å². The molecular weight excluding hydrogens is 314 g/mol. The monoisotopic (exact) mass is 325 g/mol. The molecule has 0 aliphatic heterocycles. The molecule has 0 bridgehead atoms. The minimum atomic E-state index is -0.419. The number of hydrogen-bond donors (Lipinski definition) is 0. The fourth-order valence-electron chi connectivity index (χ4n) is 2.27. The van der Waals surface area contributed by atoms with Crippen molar-refractivity contribution in [2.45, 2.75) is 0 Å². The van der Waals surface area contributed by atoms with Crippen molar-refractivity contribution in [3.8, 4) is 17.5 Å². The average Bonchev–Trinajstić information content (AvgIpc) is 2.93. The van der Waals surface area contributed by atoms with Gasteiger partial charge in [0.25, 0.3) is 0 Å². The molecule has 4 rings (SSSR count). The summed E-state index contributed by atoms with van der Waals surface area (Å²) in [6.07, 6.45) is 0. The normalized spacial score (nSPS) is 11.0. The van der Waals surface area contributed by atoms with E-state index >= 15 is 0 Å². The zero-order valence-corrected chi connectivity index (χ0v) is 12.9. The standard InChI is InChI=1S/C16H11N3O3S/c1-21-11-7-8-12-13(9-11)23-16-18-14(17-15(20)19(12)16)22-10-5-3-2-4-6-10/h2-9H,1H3. The van der Waals surface area contributed by atoms with Crippen LogP contribution in [0.4, 0.5) is 0 Å². The lowest BCUT2D eigenvalue weighted by Gasteiger charge is -2.02. The highest BCUT2D eigenvalue weighted by atomic mass is 32.1. The Hall–Kier alpha value is -2.93. The van der Waals surface area contributed by atoms with E-state index in [0.717, 1.165) is 16.0 Å². The molecule has 2 aromatic carbocycles. The van der Waals surface area contributed by atoms with Crippen LogP contribution in [0.25, 0.3) is 15.2 Å². The van der Waals surface area contributed by atoms with Crippen molar-refractivity contribution in [2.75, 3.05) is 7.11 Å². The molecule has 0 radical (unpaired) electrons. The molecule has 0 spiro atoms. The molecule has 0 aliphatic carbocycles. The Morgan fingerprint density at radius 1 is 1.04 bits per heavy atom. The van der Waals surface area contributed by atoms with Crippen LogP contribution in [0.2, 0.25) is 0 Å². The molecular formula is C16H11N3O3S. The van der Waals surface area contributed by atoms with Crippen LogP contribution in [0, 0.1) is 0 Å². The highest BCUT2D eigenvalue weighted by Gasteiger charge is 2.12. The molecule has 0 fully saturated rings. The Kier molecular flexibility index (Phi) is 3.20. The van der Waals surface area contributed by atoms with Crippen molar-refractivity contribution in [2.24, 2.45) is 0 Å². The fourth-order valence-corrected chi connectivity index (χ4v) is 3.30. The Morgan fingerprint density at radius 2 is 1.87 bits per heavy atom. The summed E-state index contributed by atoms with van der Waals surface area (Å²) in [6, 6.07) is 14.6. The Bertz CT molecular complexity index is 1060. The Morgan fingerprint density at radius 3 is 2.65 bits per heavy atom. The van der Waals surface area contributed by atoms with E-state index in [0.29, 0.717) is 10.7 Å². The predicted molar refractivity (Wildman–Crippen MR) is 87.7 cm³/mol. The maximum atomic E-state index is 12.3. The first-order valence-corrected chi connectivity index (χ1v) is 7.66. The summed E-state index contributed by atoms with van der Waals surface area (Å²) >= 11 is 1.38. The number of thiazole rings is 1. The molecule has 0 aliphatic rings. The van der Waals surface area contributed by atoms with Gasteiger partial charge in [0.1, 0.15) is 11.5 Å². The summed E-state index contributed by atoms with van der Waals surface area (Å²) in [5.74, 6) is 1.31. The van der Waals surface area contributed by atoms with Gasteiger partial charge in [-0.1, -0.05) is 29.5 Å². The van der Waals surface area contributed by atoms with Crippen molar-refractivity contribution in [3.05, 3.63) is 59.0 Å². The number of fused-ring (bicyclic) bond motifs is 3. The molecule has 2 heterocycles. The van der Waals surface area contributed by atoms with E-state index in [1.807, 2.05) is 30.3 Å². The molecule has 114 valence electrons. The first kappa shape index (κ1) is 13.7. The molecule has 6 nitrogen and oxygen atoms in total. The average molecular weight is 325 g/mol. The van der Waals surface area contributed by atoms with Crippen LogP contribution < -0.4 is 15.2 Å². The summed E-state index contributed by atoms with van der Waals surface area (Å²) in [6.45, 7) is 0. The molecule has 0 atom stereocenters. The molecule has 4 aromatic rings. The van der Waals surface area contributed by atoms with Gasteiger partial charge in [0.15, 0.2) is 0 Å². The summed E-state index contributed by atoms with van der Waals surface area (Å²) in [5.41, 5.74) is 0.333.